The van der Waals surface area contributed by atoms with Gasteiger partial charge in [-0.05, 0) is 0 Å². The van der Waals surface area contributed by atoms with Gasteiger partial charge < -0.3 is 28.7 Å². The summed E-state index contributed by atoms with van der Waals surface area (Å²) in [6.45, 7) is -0.639. The largest absolute Gasteiger partial charge is 0.790 e. The summed E-state index contributed by atoms with van der Waals surface area (Å²) in [7, 11) is -5.16. The zero-order valence-corrected chi connectivity index (χ0v) is 10.9. The number of aliphatic hydroxyl groups excluding tert-OH is 1. The number of rotatable bonds is 4. The first-order valence-corrected chi connectivity index (χ1v) is 7.04. The number of aromatic nitrogens is 2. The molecule has 20 heavy (non-hydrogen) atoms. The van der Waals surface area contributed by atoms with Crippen LogP contribution in [0.25, 0.3) is 0 Å². The molecule has 1 aromatic heterocycles. The Morgan fingerprint density at radius 1 is 1.55 bits per heavy atom. The van der Waals surface area contributed by atoms with E-state index in [9.17, 15) is 29.0 Å². The lowest BCUT2D eigenvalue weighted by Gasteiger charge is -2.30. The highest BCUT2D eigenvalue weighted by Gasteiger charge is 2.35. The molecule has 1 aliphatic heterocycles. The number of H-pyrrole nitrogens is 1. The predicted molar refractivity (Wildman–Crippen MR) is 59.4 cm³/mol. The Morgan fingerprint density at radius 3 is 2.85 bits per heavy atom. The molecule has 0 bridgehead atoms. The highest BCUT2D eigenvalue weighted by molar-refractivity contribution is 7.43. The highest BCUT2D eigenvalue weighted by Crippen LogP contribution is 2.31. The summed E-state index contributed by atoms with van der Waals surface area (Å²) in [6.07, 6.45) is -1.88. The van der Waals surface area contributed by atoms with Crippen molar-refractivity contribution in [3.05, 3.63) is 33.1 Å². The monoisotopic (exact) mass is 306 g/mol. The highest BCUT2D eigenvalue weighted by atomic mass is 31.2. The molecule has 112 valence electrons. The number of hydrogen-bond acceptors (Lipinski definition) is 8. The molecule has 1 fully saturated rings. The lowest BCUT2D eigenvalue weighted by molar-refractivity contribution is -0.343. The van der Waals surface area contributed by atoms with Gasteiger partial charge in [0, 0.05) is 18.7 Å². The average Bonchev–Trinajstić information content (AvgIpc) is 2.67. The number of ether oxygens (including phenoxy) is 1. The van der Waals surface area contributed by atoms with E-state index in [1.165, 1.54) is 6.20 Å². The van der Waals surface area contributed by atoms with Crippen molar-refractivity contribution < 1.29 is 28.7 Å². The van der Waals surface area contributed by atoms with Gasteiger partial charge >= 0.3 is 5.69 Å². The normalized spacial score (nSPS) is 26.9. The average molecular weight is 306 g/mol. The van der Waals surface area contributed by atoms with Crippen LogP contribution < -0.4 is 21.0 Å². The standard InChI is InChI=1S/C9H13N2O8P/c12-5-3-8(11-2-1-7(13)10-9(11)14)19-6(5)4-18-20(15,16)17/h1-2,5-6,8,12H,3-4H2,(H,10,13,14)(H2,15,16,17)/p-2/t5-,6+,8+/m0/s1. The van der Waals surface area contributed by atoms with Gasteiger partial charge in [-0.25, -0.2) is 4.79 Å². The molecule has 0 saturated carbocycles. The SMILES string of the molecule is O=c1ccn([C@H]2C[C@H](O)[C@@H](COP(=O)([O-])[O-])O2)c(=O)[nH]1. The Kier molecular flexibility index (Phi) is 4.23. The number of nitrogens with zero attached hydrogens (tertiary/aromatic N) is 1. The second-order valence-corrected chi connectivity index (χ2v) is 5.35. The second-order valence-electron chi connectivity index (χ2n) is 4.19. The van der Waals surface area contributed by atoms with Crippen molar-refractivity contribution in [2.75, 3.05) is 6.61 Å². The van der Waals surface area contributed by atoms with Gasteiger partial charge in [-0.3, -0.25) is 14.3 Å². The van der Waals surface area contributed by atoms with E-state index in [0.717, 1.165) is 10.6 Å². The quantitative estimate of drug-likeness (QED) is 0.558. The summed E-state index contributed by atoms with van der Waals surface area (Å²) < 4.78 is 20.7. The summed E-state index contributed by atoms with van der Waals surface area (Å²) in [5.41, 5.74) is -1.31. The lowest BCUT2D eigenvalue weighted by atomic mass is 10.2. The van der Waals surface area contributed by atoms with Gasteiger partial charge in [0.15, 0.2) is 0 Å². The van der Waals surface area contributed by atoms with Gasteiger partial charge in [-0.15, -0.1) is 0 Å². The van der Waals surface area contributed by atoms with Gasteiger partial charge in [0.25, 0.3) is 5.56 Å². The Hall–Kier alpha value is -1.29. The molecule has 1 aromatic rings. The van der Waals surface area contributed by atoms with Crippen LogP contribution in [0.3, 0.4) is 0 Å². The molecule has 0 unspecified atom stereocenters. The lowest BCUT2D eigenvalue weighted by Crippen LogP contribution is -2.32. The smallest absolute Gasteiger partial charge is 0.330 e. The molecule has 1 aliphatic rings. The fourth-order valence-corrected chi connectivity index (χ4v) is 2.18. The number of phosphoric ester groups is 1. The van der Waals surface area contributed by atoms with Crippen LogP contribution in [0.4, 0.5) is 0 Å². The maximum Gasteiger partial charge on any atom is 0.330 e. The van der Waals surface area contributed by atoms with Gasteiger partial charge in [0.1, 0.15) is 12.3 Å². The molecule has 11 heteroatoms. The van der Waals surface area contributed by atoms with E-state index in [-0.39, 0.29) is 6.42 Å². The van der Waals surface area contributed by atoms with Crippen LogP contribution in [0.5, 0.6) is 0 Å². The Morgan fingerprint density at radius 2 is 2.25 bits per heavy atom. The van der Waals surface area contributed by atoms with Crippen molar-refractivity contribution in [1.29, 1.82) is 0 Å². The van der Waals surface area contributed by atoms with E-state index >= 15 is 0 Å². The zero-order valence-electron chi connectivity index (χ0n) is 10.0. The summed E-state index contributed by atoms with van der Waals surface area (Å²) in [5.74, 6) is 0. The summed E-state index contributed by atoms with van der Waals surface area (Å²) in [5, 5.41) is 9.68. The Bertz CT molecular complexity index is 633. The minimum absolute atomic E-state index is 0.0119. The molecule has 0 aromatic carbocycles. The van der Waals surface area contributed by atoms with E-state index in [1.807, 2.05) is 4.98 Å². The molecule has 3 atom stereocenters. The molecule has 10 nitrogen and oxygen atoms in total. The first-order chi connectivity index (χ1) is 9.26. The van der Waals surface area contributed by atoms with Crippen LogP contribution >= 0.6 is 7.82 Å². The predicted octanol–water partition coefficient (Wildman–Crippen LogP) is -2.97. The van der Waals surface area contributed by atoms with Crippen molar-refractivity contribution >= 4 is 7.82 Å². The van der Waals surface area contributed by atoms with E-state index in [0.29, 0.717) is 0 Å². The first kappa shape index (κ1) is 15.1. The van der Waals surface area contributed by atoms with Gasteiger partial charge in [0.2, 0.25) is 0 Å². The Labute approximate surface area is 111 Å². The molecular weight excluding hydrogens is 295 g/mol. The van der Waals surface area contributed by atoms with Crippen LogP contribution in [-0.4, -0.2) is 33.5 Å². The van der Waals surface area contributed by atoms with E-state index in [2.05, 4.69) is 4.52 Å². The van der Waals surface area contributed by atoms with Crippen molar-refractivity contribution in [2.24, 2.45) is 0 Å². The summed E-state index contributed by atoms with van der Waals surface area (Å²) in [4.78, 5) is 45.2. The zero-order chi connectivity index (χ0) is 14.9. The summed E-state index contributed by atoms with van der Waals surface area (Å²) in [6, 6.07) is 1.10. The molecule has 0 spiro atoms. The third-order valence-electron chi connectivity index (χ3n) is 2.76. The molecule has 2 rings (SSSR count). The van der Waals surface area contributed by atoms with Crippen LogP contribution in [0.15, 0.2) is 21.9 Å². The fourth-order valence-electron chi connectivity index (χ4n) is 1.85. The molecule has 0 amide bonds. The third kappa shape index (κ3) is 3.63. The summed E-state index contributed by atoms with van der Waals surface area (Å²) >= 11 is 0. The van der Waals surface area contributed by atoms with Gasteiger partial charge in [0.05, 0.1) is 20.5 Å². The van der Waals surface area contributed by atoms with E-state index in [1.54, 1.807) is 0 Å². The number of hydrogen-bond donors (Lipinski definition) is 2. The van der Waals surface area contributed by atoms with Crippen molar-refractivity contribution in [3.63, 3.8) is 0 Å². The molecule has 1 saturated heterocycles. The molecule has 2 heterocycles. The van der Waals surface area contributed by atoms with Crippen LogP contribution in [-0.2, 0) is 13.8 Å². The minimum atomic E-state index is -5.16. The van der Waals surface area contributed by atoms with Crippen molar-refractivity contribution in [1.82, 2.24) is 9.55 Å². The Balaban J connectivity index is 2.08. The molecule has 2 N–H and O–H groups in total. The number of aliphatic hydroxyl groups is 1. The van der Waals surface area contributed by atoms with Gasteiger partial charge in [-0.1, -0.05) is 0 Å². The minimum Gasteiger partial charge on any atom is -0.790 e. The maximum atomic E-state index is 11.5. The van der Waals surface area contributed by atoms with Gasteiger partial charge in [-0.2, -0.15) is 0 Å². The number of aromatic amines is 1. The maximum absolute atomic E-state index is 11.5. The first-order valence-electron chi connectivity index (χ1n) is 5.58. The van der Waals surface area contributed by atoms with Crippen LogP contribution in [0.1, 0.15) is 12.6 Å². The third-order valence-corrected chi connectivity index (χ3v) is 3.23. The number of nitrogens with one attached hydrogen (secondary N) is 1. The number of phosphoric acid groups is 1. The van der Waals surface area contributed by atoms with Crippen molar-refractivity contribution in [3.8, 4) is 0 Å². The molecule has 0 aliphatic carbocycles. The molecular formula is C9H11N2O8P-2. The van der Waals surface area contributed by atoms with Crippen LogP contribution in [0.2, 0.25) is 0 Å². The molecule has 0 radical (unpaired) electrons. The fraction of sp³-hybridized carbons (Fsp3) is 0.556. The van der Waals surface area contributed by atoms with Crippen LogP contribution in [0, 0.1) is 0 Å². The topological polar surface area (TPSA) is 157 Å². The second kappa shape index (κ2) is 5.60. The van der Waals surface area contributed by atoms with Crippen molar-refractivity contribution in [2.45, 2.75) is 24.9 Å². The van der Waals surface area contributed by atoms with E-state index in [4.69, 9.17) is 4.74 Å². The van der Waals surface area contributed by atoms with E-state index < -0.39 is 44.1 Å².